The molecule has 3 aromatic carbocycles. The molecule has 3 rings (SSSR count). The molecule has 0 aliphatic carbocycles. The second-order valence-electron chi connectivity index (χ2n) is 9.73. The van der Waals surface area contributed by atoms with Crippen molar-refractivity contribution in [3.63, 3.8) is 0 Å². The summed E-state index contributed by atoms with van der Waals surface area (Å²) in [6.07, 6.45) is 0.755. The SMILES string of the molecule is CCCNC(=O)[C@@H](C)N(Cc1ccc(C)cc1)C(=O)CN(c1ccc(OCC)cc1)S(=O)(=O)c1ccc(C)cc1. The van der Waals surface area contributed by atoms with Crippen molar-refractivity contribution in [2.45, 2.75) is 58.5 Å². The number of carbonyl (C=O) groups excluding carboxylic acids is 2. The minimum Gasteiger partial charge on any atom is -0.494 e. The normalized spacial score (nSPS) is 11.9. The summed E-state index contributed by atoms with van der Waals surface area (Å²) >= 11 is 0. The van der Waals surface area contributed by atoms with E-state index in [4.69, 9.17) is 4.74 Å². The highest BCUT2D eigenvalue weighted by Gasteiger charge is 2.32. The average molecular weight is 566 g/mol. The number of hydrogen-bond acceptors (Lipinski definition) is 5. The van der Waals surface area contributed by atoms with E-state index >= 15 is 0 Å². The Morgan fingerprint density at radius 1 is 0.875 bits per heavy atom. The first-order chi connectivity index (χ1) is 19.1. The van der Waals surface area contributed by atoms with Gasteiger partial charge in [-0.3, -0.25) is 13.9 Å². The Kier molecular flexibility index (Phi) is 10.7. The molecule has 0 aromatic heterocycles. The molecule has 0 saturated carbocycles. The molecule has 0 aliphatic rings. The van der Waals surface area contributed by atoms with E-state index in [2.05, 4.69) is 5.32 Å². The van der Waals surface area contributed by atoms with Gasteiger partial charge in [-0.15, -0.1) is 0 Å². The lowest BCUT2D eigenvalue weighted by atomic mass is 10.1. The summed E-state index contributed by atoms with van der Waals surface area (Å²) in [5, 5.41) is 2.85. The molecular formula is C31H39N3O5S. The molecule has 1 N–H and O–H groups in total. The predicted octanol–water partition coefficient (Wildman–Crippen LogP) is 4.84. The number of benzene rings is 3. The van der Waals surface area contributed by atoms with Crippen LogP contribution in [0.5, 0.6) is 5.75 Å². The first kappa shape index (κ1) is 30.7. The molecule has 214 valence electrons. The third kappa shape index (κ3) is 7.85. The van der Waals surface area contributed by atoms with Crippen molar-refractivity contribution in [1.82, 2.24) is 10.2 Å². The summed E-state index contributed by atoms with van der Waals surface area (Å²) < 4.78 is 34.4. The van der Waals surface area contributed by atoms with Crippen LogP contribution in [0.15, 0.2) is 77.7 Å². The Bertz CT molecular complexity index is 1370. The van der Waals surface area contributed by atoms with E-state index in [0.717, 1.165) is 27.4 Å². The fraction of sp³-hybridized carbons (Fsp3) is 0.355. The summed E-state index contributed by atoms with van der Waals surface area (Å²) in [5.41, 5.74) is 3.14. The highest BCUT2D eigenvalue weighted by molar-refractivity contribution is 7.92. The fourth-order valence-corrected chi connectivity index (χ4v) is 5.52. The largest absolute Gasteiger partial charge is 0.494 e. The molecule has 2 amide bonds. The third-order valence-electron chi connectivity index (χ3n) is 6.51. The highest BCUT2D eigenvalue weighted by atomic mass is 32.2. The Labute approximate surface area is 238 Å². The van der Waals surface area contributed by atoms with Crippen molar-refractivity contribution in [3.8, 4) is 5.75 Å². The number of nitrogens with zero attached hydrogens (tertiary/aromatic N) is 2. The van der Waals surface area contributed by atoms with Crippen LogP contribution in [0.1, 0.15) is 43.9 Å². The Morgan fingerprint density at radius 3 is 2.00 bits per heavy atom. The van der Waals surface area contributed by atoms with Crippen LogP contribution in [0.4, 0.5) is 5.69 Å². The van der Waals surface area contributed by atoms with Crippen LogP contribution in [0, 0.1) is 13.8 Å². The fourth-order valence-electron chi connectivity index (χ4n) is 4.11. The average Bonchev–Trinajstić information content (AvgIpc) is 2.94. The van der Waals surface area contributed by atoms with Crippen molar-refractivity contribution in [1.29, 1.82) is 0 Å². The predicted molar refractivity (Wildman–Crippen MR) is 158 cm³/mol. The van der Waals surface area contributed by atoms with Gasteiger partial charge in [0.15, 0.2) is 0 Å². The van der Waals surface area contributed by atoms with Crippen molar-refractivity contribution in [2.75, 3.05) is 24.0 Å². The van der Waals surface area contributed by atoms with Gasteiger partial charge in [0.25, 0.3) is 10.0 Å². The van der Waals surface area contributed by atoms with Gasteiger partial charge in [-0.1, -0.05) is 54.4 Å². The summed E-state index contributed by atoms with van der Waals surface area (Å²) in [7, 11) is -4.12. The maximum atomic E-state index is 13.9. The molecular weight excluding hydrogens is 526 g/mol. The lowest BCUT2D eigenvalue weighted by molar-refractivity contribution is -0.139. The van der Waals surface area contributed by atoms with Crippen molar-refractivity contribution in [2.24, 2.45) is 0 Å². The summed E-state index contributed by atoms with van der Waals surface area (Å²) in [6, 6.07) is 19.9. The standard InChI is InChI=1S/C31H39N3O5S/c1-6-20-32-31(36)25(5)33(21-26-12-8-23(3)9-13-26)30(35)22-34(27-14-16-28(17-15-27)39-7-2)40(37,38)29-18-10-24(4)11-19-29/h8-19,25H,6-7,20-22H2,1-5H3,(H,32,36)/t25-/m1/s1. The summed E-state index contributed by atoms with van der Waals surface area (Å²) in [6.45, 7) is 9.93. The van der Waals surface area contributed by atoms with Crippen molar-refractivity contribution < 1.29 is 22.7 Å². The smallest absolute Gasteiger partial charge is 0.264 e. The monoisotopic (exact) mass is 565 g/mol. The van der Waals surface area contributed by atoms with E-state index in [1.54, 1.807) is 43.3 Å². The molecule has 1 atom stereocenters. The molecule has 0 spiro atoms. The first-order valence-corrected chi connectivity index (χ1v) is 15.0. The van der Waals surface area contributed by atoms with E-state index < -0.39 is 28.5 Å². The Balaban J connectivity index is 2.01. The van der Waals surface area contributed by atoms with E-state index in [1.807, 2.05) is 52.0 Å². The molecule has 0 heterocycles. The van der Waals surface area contributed by atoms with Crippen molar-refractivity contribution in [3.05, 3.63) is 89.5 Å². The van der Waals surface area contributed by atoms with E-state index in [0.29, 0.717) is 24.6 Å². The van der Waals surface area contributed by atoms with Crippen LogP contribution >= 0.6 is 0 Å². The van der Waals surface area contributed by atoms with Crippen LogP contribution in [0.25, 0.3) is 0 Å². The number of ether oxygens (including phenoxy) is 1. The number of sulfonamides is 1. The second-order valence-corrected chi connectivity index (χ2v) is 11.6. The van der Waals surface area contributed by atoms with Gasteiger partial charge in [0.1, 0.15) is 18.3 Å². The molecule has 8 nitrogen and oxygen atoms in total. The zero-order valence-corrected chi connectivity index (χ0v) is 24.7. The number of amides is 2. The van der Waals surface area contributed by atoms with Crippen molar-refractivity contribution >= 4 is 27.5 Å². The number of nitrogens with one attached hydrogen (secondary N) is 1. The van der Waals surface area contributed by atoms with Crippen LogP contribution in [0.3, 0.4) is 0 Å². The van der Waals surface area contributed by atoms with Crippen LogP contribution in [-0.4, -0.2) is 50.9 Å². The molecule has 0 unspecified atom stereocenters. The second kappa shape index (κ2) is 14.0. The van der Waals surface area contributed by atoms with Gasteiger partial charge < -0.3 is 15.0 Å². The molecule has 9 heteroatoms. The van der Waals surface area contributed by atoms with Crippen LogP contribution in [-0.2, 0) is 26.2 Å². The molecule has 0 fully saturated rings. The topological polar surface area (TPSA) is 96.0 Å². The number of hydrogen-bond donors (Lipinski definition) is 1. The van der Waals surface area contributed by atoms with E-state index in [1.165, 1.54) is 17.0 Å². The lowest BCUT2D eigenvalue weighted by Gasteiger charge is -2.32. The zero-order chi connectivity index (χ0) is 29.3. The molecule has 0 saturated heterocycles. The number of carbonyl (C=O) groups is 2. The summed E-state index contributed by atoms with van der Waals surface area (Å²) in [4.78, 5) is 28.4. The molecule has 0 bridgehead atoms. The van der Waals surface area contributed by atoms with Gasteiger partial charge in [-0.05, 0) is 76.1 Å². The first-order valence-electron chi connectivity index (χ1n) is 13.5. The van der Waals surface area contributed by atoms with Crippen LogP contribution in [0.2, 0.25) is 0 Å². The Morgan fingerprint density at radius 2 is 1.45 bits per heavy atom. The maximum absolute atomic E-state index is 13.9. The molecule has 3 aromatic rings. The zero-order valence-electron chi connectivity index (χ0n) is 23.9. The number of rotatable bonds is 13. The minimum atomic E-state index is -4.12. The quantitative estimate of drug-likeness (QED) is 0.320. The van der Waals surface area contributed by atoms with Gasteiger partial charge >= 0.3 is 0 Å². The van der Waals surface area contributed by atoms with E-state index in [9.17, 15) is 18.0 Å². The highest BCUT2D eigenvalue weighted by Crippen LogP contribution is 2.27. The summed E-state index contributed by atoms with van der Waals surface area (Å²) in [5.74, 6) is -0.201. The third-order valence-corrected chi connectivity index (χ3v) is 8.30. The minimum absolute atomic E-state index is 0.0682. The molecule has 0 aliphatic heterocycles. The van der Waals surface area contributed by atoms with Gasteiger partial charge in [-0.2, -0.15) is 0 Å². The molecule has 40 heavy (non-hydrogen) atoms. The Hall–Kier alpha value is -3.85. The maximum Gasteiger partial charge on any atom is 0.264 e. The van der Waals surface area contributed by atoms with Gasteiger partial charge in [-0.25, -0.2) is 8.42 Å². The number of anilines is 1. The molecule has 0 radical (unpaired) electrons. The van der Waals surface area contributed by atoms with Gasteiger partial charge in [0.2, 0.25) is 11.8 Å². The van der Waals surface area contributed by atoms with E-state index in [-0.39, 0.29) is 17.3 Å². The van der Waals surface area contributed by atoms with Crippen LogP contribution < -0.4 is 14.4 Å². The van der Waals surface area contributed by atoms with Gasteiger partial charge in [0.05, 0.1) is 17.2 Å². The van der Waals surface area contributed by atoms with Gasteiger partial charge in [0, 0.05) is 13.1 Å². The lowest BCUT2D eigenvalue weighted by Crippen LogP contribution is -2.51. The number of aryl methyl sites for hydroxylation is 2.